The Morgan fingerprint density at radius 2 is 2.13 bits per heavy atom. The van der Waals surface area contributed by atoms with Gasteiger partial charge in [0.05, 0.1) is 23.5 Å². The zero-order chi connectivity index (χ0) is 16.4. The number of nitrogens with zero attached hydrogens (tertiary/aromatic N) is 4. The van der Waals surface area contributed by atoms with Gasteiger partial charge in [0.1, 0.15) is 5.76 Å². The predicted octanol–water partition coefficient (Wildman–Crippen LogP) is 3.91. The third-order valence-corrected chi connectivity index (χ3v) is 3.67. The molecule has 0 spiro atoms. The second-order valence-electron chi connectivity index (χ2n) is 4.88. The van der Waals surface area contributed by atoms with Gasteiger partial charge in [-0.1, -0.05) is 23.7 Å². The van der Waals surface area contributed by atoms with Gasteiger partial charge in [0.2, 0.25) is 12.1 Å². The molecular formula is C15H13ClN4O3. The molecule has 118 valence electrons. The van der Waals surface area contributed by atoms with Crippen LogP contribution in [0.3, 0.4) is 0 Å². The van der Waals surface area contributed by atoms with Crippen molar-refractivity contribution in [1.29, 1.82) is 0 Å². The van der Waals surface area contributed by atoms with Crippen molar-refractivity contribution in [3.8, 4) is 0 Å². The largest absolute Gasteiger partial charge is 0.467 e. The average Bonchev–Trinajstić information content (AvgIpc) is 3.15. The van der Waals surface area contributed by atoms with Crippen LogP contribution in [0.15, 0.2) is 53.4 Å². The van der Waals surface area contributed by atoms with E-state index < -0.39 is 4.92 Å². The maximum Gasteiger partial charge on any atom is 0.406 e. The van der Waals surface area contributed by atoms with Gasteiger partial charge in [0.25, 0.3) is 0 Å². The Morgan fingerprint density at radius 3 is 2.78 bits per heavy atom. The van der Waals surface area contributed by atoms with Crippen molar-refractivity contribution in [3.05, 3.63) is 69.9 Å². The molecule has 0 aliphatic carbocycles. The number of aromatic nitrogens is 2. The lowest BCUT2D eigenvalue weighted by atomic mass is 10.2. The predicted molar refractivity (Wildman–Crippen MR) is 85.9 cm³/mol. The summed E-state index contributed by atoms with van der Waals surface area (Å²) in [6.07, 6.45) is 2.96. The van der Waals surface area contributed by atoms with Crippen molar-refractivity contribution in [2.45, 2.75) is 6.54 Å². The number of anilines is 2. The number of halogens is 1. The highest BCUT2D eigenvalue weighted by Gasteiger charge is 2.28. The summed E-state index contributed by atoms with van der Waals surface area (Å²) in [5.41, 5.74) is 0.636. The maximum absolute atomic E-state index is 11.3. The fraction of sp³-hybridized carbons (Fsp3) is 0.133. The fourth-order valence-corrected chi connectivity index (χ4v) is 2.59. The van der Waals surface area contributed by atoms with E-state index in [0.717, 1.165) is 0 Å². The first kappa shape index (κ1) is 15.1. The van der Waals surface area contributed by atoms with Gasteiger partial charge >= 0.3 is 5.82 Å². The molecule has 1 aromatic carbocycles. The summed E-state index contributed by atoms with van der Waals surface area (Å²) in [6, 6.07) is 10.7. The van der Waals surface area contributed by atoms with Crippen molar-refractivity contribution < 1.29 is 9.34 Å². The zero-order valence-electron chi connectivity index (χ0n) is 12.2. The lowest BCUT2D eigenvalue weighted by Crippen LogP contribution is -2.20. The number of rotatable bonds is 5. The minimum Gasteiger partial charge on any atom is -0.467 e. The van der Waals surface area contributed by atoms with Crippen molar-refractivity contribution in [1.82, 2.24) is 9.55 Å². The first-order valence-electron chi connectivity index (χ1n) is 6.78. The van der Waals surface area contributed by atoms with Crippen LogP contribution in [0.4, 0.5) is 17.3 Å². The van der Waals surface area contributed by atoms with Gasteiger partial charge in [-0.25, -0.2) is 0 Å². The van der Waals surface area contributed by atoms with Crippen LogP contribution in [0, 0.1) is 10.1 Å². The first-order valence-corrected chi connectivity index (χ1v) is 7.16. The molecule has 3 aromatic rings. The lowest BCUT2D eigenvalue weighted by molar-refractivity contribution is -0.388. The number of benzene rings is 1. The summed E-state index contributed by atoms with van der Waals surface area (Å²) in [6.45, 7) is 0.289. The number of nitro groups is 1. The molecule has 0 saturated heterocycles. The molecule has 23 heavy (non-hydrogen) atoms. The van der Waals surface area contributed by atoms with Crippen LogP contribution >= 0.6 is 11.6 Å². The minimum absolute atomic E-state index is 0.237. The normalized spacial score (nSPS) is 10.7. The number of furan rings is 1. The highest BCUT2D eigenvalue weighted by atomic mass is 35.5. The summed E-state index contributed by atoms with van der Waals surface area (Å²) in [5.74, 6) is 0.749. The molecule has 7 nitrogen and oxygen atoms in total. The third-order valence-electron chi connectivity index (χ3n) is 3.35. The van der Waals surface area contributed by atoms with Gasteiger partial charge in [-0.3, -0.25) is 4.57 Å². The van der Waals surface area contributed by atoms with Crippen molar-refractivity contribution in [3.63, 3.8) is 0 Å². The molecule has 0 fully saturated rings. The molecular weight excluding hydrogens is 320 g/mol. The monoisotopic (exact) mass is 332 g/mol. The fourth-order valence-electron chi connectivity index (χ4n) is 2.35. The molecule has 0 atom stereocenters. The van der Waals surface area contributed by atoms with Gasteiger partial charge < -0.3 is 19.4 Å². The molecule has 0 bridgehead atoms. The van der Waals surface area contributed by atoms with Crippen LogP contribution in [0.1, 0.15) is 5.76 Å². The summed E-state index contributed by atoms with van der Waals surface area (Å²) >= 11 is 6.29. The second kappa shape index (κ2) is 6.13. The van der Waals surface area contributed by atoms with E-state index in [1.807, 2.05) is 6.07 Å². The minimum atomic E-state index is -0.513. The Balaban J connectivity index is 2.14. The van der Waals surface area contributed by atoms with Crippen LogP contribution in [0.25, 0.3) is 0 Å². The molecule has 8 heteroatoms. The Labute approximate surface area is 136 Å². The molecule has 0 amide bonds. The first-order chi connectivity index (χ1) is 11.1. The second-order valence-corrected chi connectivity index (χ2v) is 5.28. The van der Waals surface area contributed by atoms with E-state index in [4.69, 9.17) is 16.0 Å². The topological polar surface area (TPSA) is 77.3 Å². The number of aryl methyl sites for hydroxylation is 1. The summed E-state index contributed by atoms with van der Waals surface area (Å²) in [4.78, 5) is 16.4. The van der Waals surface area contributed by atoms with Gasteiger partial charge in [0, 0.05) is 7.05 Å². The standard InChI is InChI=1S/C15H13ClN4O3/c1-18-10-17-14(20(21)22)15(18)19(9-11-5-4-8-23-11)13-7-3-2-6-12(13)16/h2-8,10H,9H2,1H3. The number of imidazole rings is 1. The Kier molecular flexibility index (Phi) is 4.03. The van der Waals surface area contributed by atoms with Crippen LogP contribution in [-0.2, 0) is 13.6 Å². The van der Waals surface area contributed by atoms with E-state index in [1.54, 1.807) is 53.1 Å². The number of para-hydroxylation sites is 1. The quantitative estimate of drug-likeness (QED) is 0.523. The van der Waals surface area contributed by atoms with Gasteiger partial charge in [0.15, 0.2) is 0 Å². The lowest BCUT2D eigenvalue weighted by Gasteiger charge is -2.24. The zero-order valence-corrected chi connectivity index (χ0v) is 13.0. The Morgan fingerprint density at radius 1 is 1.35 bits per heavy atom. The summed E-state index contributed by atoms with van der Waals surface area (Å²) in [7, 11) is 1.70. The molecule has 0 radical (unpaired) electrons. The Bertz CT molecular complexity index is 829. The number of hydrogen-bond acceptors (Lipinski definition) is 5. The molecule has 2 heterocycles. The molecule has 0 saturated carbocycles. The SMILES string of the molecule is Cn1cnc([N+](=O)[O-])c1N(Cc1ccco1)c1ccccc1Cl. The molecule has 2 aromatic heterocycles. The molecule has 3 rings (SSSR count). The van der Waals surface area contributed by atoms with Crippen LogP contribution in [0.5, 0.6) is 0 Å². The molecule has 0 N–H and O–H groups in total. The molecule has 0 aliphatic rings. The van der Waals surface area contributed by atoms with Gasteiger partial charge in [-0.15, -0.1) is 0 Å². The maximum atomic E-state index is 11.3. The van der Waals surface area contributed by atoms with Crippen molar-refractivity contribution in [2.24, 2.45) is 7.05 Å². The van der Waals surface area contributed by atoms with E-state index in [-0.39, 0.29) is 12.4 Å². The van der Waals surface area contributed by atoms with Crippen LogP contribution in [-0.4, -0.2) is 14.5 Å². The van der Waals surface area contributed by atoms with Gasteiger partial charge in [-0.2, -0.15) is 0 Å². The van der Waals surface area contributed by atoms with Crippen molar-refractivity contribution >= 4 is 28.9 Å². The average molecular weight is 333 g/mol. The smallest absolute Gasteiger partial charge is 0.406 e. The van der Waals surface area contributed by atoms with E-state index in [2.05, 4.69) is 4.98 Å². The Hall–Kier alpha value is -2.80. The van der Waals surface area contributed by atoms with Gasteiger partial charge in [-0.05, 0) is 34.2 Å². The highest BCUT2D eigenvalue weighted by molar-refractivity contribution is 6.33. The van der Waals surface area contributed by atoms with E-state index in [9.17, 15) is 10.1 Å². The number of hydrogen-bond donors (Lipinski definition) is 0. The molecule has 0 aliphatic heterocycles. The highest BCUT2D eigenvalue weighted by Crippen LogP contribution is 2.37. The van der Waals surface area contributed by atoms with Crippen LogP contribution < -0.4 is 4.90 Å². The van der Waals surface area contributed by atoms with Crippen molar-refractivity contribution in [2.75, 3.05) is 4.90 Å². The van der Waals surface area contributed by atoms with Crippen LogP contribution in [0.2, 0.25) is 5.02 Å². The molecule has 0 unspecified atom stereocenters. The van der Waals surface area contributed by atoms with E-state index in [0.29, 0.717) is 22.3 Å². The van der Waals surface area contributed by atoms with E-state index in [1.165, 1.54) is 6.33 Å². The van der Waals surface area contributed by atoms with E-state index >= 15 is 0 Å². The summed E-state index contributed by atoms with van der Waals surface area (Å²) in [5, 5.41) is 11.8. The summed E-state index contributed by atoms with van der Waals surface area (Å²) < 4.78 is 6.97. The third kappa shape index (κ3) is 2.91.